The van der Waals surface area contributed by atoms with Crippen molar-refractivity contribution in [2.75, 3.05) is 24.6 Å². The van der Waals surface area contributed by atoms with E-state index in [4.69, 9.17) is 4.74 Å². The van der Waals surface area contributed by atoms with E-state index >= 15 is 0 Å². The van der Waals surface area contributed by atoms with Crippen LogP contribution in [0.15, 0.2) is 24.3 Å². The number of rotatable bonds is 11. The lowest BCUT2D eigenvalue weighted by molar-refractivity contribution is -0.147. The van der Waals surface area contributed by atoms with Crippen molar-refractivity contribution in [2.24, 2.45) is 0 Å². The highest BCUT2D eigenvalue weighted by molar-refractivity contribution is 5.98. The molecular formula is C22H31N3O5. The summed E-state index contributed by atoms with van der Waals surface area (Å²) in [5.74, 6) is -1.39. The van der Waals surface area contributed by atoms with Crippen LogP contribution in [0.3, 0.4) is 0 Å². The van der Waals surface area contributed by atoms with Crippen LogP contribution in [-0.4, -0.2) is 49.4 Å². The maximum Gasteiger partial charge on any atom is 0.325 e. The monoisotopic (exact) mass is 417 g/mol. The quantitative estimate of drug-likeness (QED) is 0.424. The van der Waals surface area contributed by atoms with Gasteiger partial charge in [-0.05, 0) is 44.0 Å². The fourth-order valence-electron chi connectivity index (χ4n) is 3.25. The first-order valence-corrected chi connectivity index (χ1v) is 10.5. The van der Waals surface area contributed by atoms with Gasteiger partial charge in [-0.25, -0.2) is 0 Å². The number of anilines is 1. The van der Waals surface area contributed by atoms with Crippen molar-refractivity contribution in [3.8, 4) is 0 Å². The molecule has 0 aliphatic carbocycles. The molecule has 0 unspecified atom stereocenters. The van der Waals surface area contributed by atoms with Crippen molar-refractivity contribution in [1.29, 1.82) is 0 Å². The van der Waals surface area contributed by atoms with E-state index in [0.29, 0.717) is 18.5 Å². The van der Waals surface area contributed by atoms with E-state index in [-0.39, 0.29) is 31.0 Å². The van der Waals surface area contributed by atoms with Crippen LogP contribution in [-0.2, 0) is 19.1 Å². The van der Waals surface area contributed by atoms with Crippen molar-refractivity contribution in [1.82, 2.24) is 10.6 Å². The highest BCUT2D eigenvalue weighted by atomic mass is 16.5. The molecule has 0 bridgehead atoms. The van der Waals surface area contributed by atoms with Gasteiger partial charge in [0.2, 0.25) is 5.91 Å². The predicted octanol–water partition coefficient (Wildman–Crippen LogP) is 2.17. The van der Waals surface area contributed by atoms with Crippen LogP contribution in [0, 0.1) is 0 Å². The Morgan fingerprint density at radius 1 is 1.17 bits per heavy atom. The van der Waals surface area contributed by atoms with Gasteiger partial charge in [-0.2, -0.15) is 0 Å². The molecular weight excluding hydrogens is 386 g/mol. The Hall–Kier alpha value is -2.90. The largest absolute Gasteiger partial charge is 0.454 e. The number of amides is 3. The van der Waals surface area contributed by atoms with Crippen LogP contribution in [0.4, 0.5) is 5.69 Å². The second kappa shape index (κ2) is 11.9. The van der Waals surface area contributed by atoms with E-state index in [1.54, 1.807) is 29.2 Å². The average molecular weight is 418 g/mol. The molecule has 8 heteroatoms. The van der Waals surface area contributed by atoms with Gasteiger partial charge < -0.3 is 20.3 Å². The van der Waals surface area contributed by atoms with E-state index in [9.17, 15) is 19.2 Å². The molecule has 0 spiro atoms. The molecule has 8 nitrogen and oxygen atoms in total. The summed E-state index contributed by atoms with van der Waals surface area (Å²) < 4.78 is 4.91. The molecule has 0 aromatic heterocycles. The Balaban J connectivity index is 1.68. The van der Waals surface area contributed by atoms with Gasteiger partial charge in [0, 0.05) is 30.3 Å². The smallest absolute Gasteiger partial charge is 0.325 e. The van der Waals surface area contributed by atoms with Crippen LogP contribution < -0.4 is 15.5 Å². The van der Waals surface area contributed by atoms with Crippen LogP contribution in [0.2, 0.25) is 0 Å². The first-order chi connectivity index (χ1) is 14.4. The Bertz CT molecular complexity index is 748. The first kappa shape index (κ1) is 23.4. The maximum absolute atomic E-state index is 12.2. The van der Waals surface area contributed by atoms with E-state index in [1.807, 2.05) is 6.92 Å². The number of hydrogen-bond donors (Lipinski definition) is 2. The van der Waals surface area contributed by atoms with E-state index in [2.05, 4.69) is 17.6 Å². The number of ether oxygens (including phenoxy) is 1. The summed E-state index contributed by atoms with van der Waals surface area (Å²) in [5.41, 5.74) is 1.13. The molecule has 2 N–H and O–H groups in total. The fourth-order valence-corrected chi connectivity index (χ4v) is 3.25. The summed E-state index contributed by atoms with van der Waals surface area (Å²) in [7, 11) is 0. The highest BCUT2D eigenvalue weighted by Crippen LogP contribution is 2.21. The Morgan fingerprint density at radius 3 is 2.53 bits per heavy atom. The third-order valence-corrected chi connectivity index (χ3v) is 4.92. The molecule has 164 valence electrons. The van der Waals surface area contributed by atoms with Crippen molar-refractivity contribution in [3.63, 3.8) is 0 Å². The number of esters is 1. The van der Waals surface area contributed by atoms with E-state index in [0.717, 1.165) is 37.8 Å². The molecule has 1 aliphatic rings. The van der Waals surface area contributed by atoms with Gasteiger partial charge in [0.1, 0.15) is 6.54 Å². The lowest BCUT2D eigenvalue weighted by atomic mass is 10.1. The second-order valence-electron chi connectivity index (χ2n) is 7.50. The number of benzene rings is 1. The number of carbonyl (C=O) groups excluding carboxylic acids is 4. The molecule has 0 radical (unpaired) electrons. The fraction of sp³-hybridized carbons (Fsp3) is 0.545. The van der Waals surface area contributed by atoms with Crippen LogP contribution in [0.1, 0.15) is 62.7 Å². The van der Waals surface area contributed by atoms with Gasteiger partial charge in [-0.3, -0.25) is 19.2 Å². The molecule has 30 heavy (non-hydrogen) atoms. The molecule has 0 saturated carbocycles. The summed E-state index contributed by atoms with van der Waals surface area (Å²) in [6.45, 7) is 4.02. The van der Waals surface area contributed by atoms with Crippen LogP contribution >= 0.6 is 0 Å². The third-order valence-electron chi connectivity index (χ3n) is 4.92. The van der Waals surface area contributed by atoms with E-state index in [1.165, 1.54) is 0 Å². The summed E-state index contributed by atoms with van der Waals surface area (Å²) in [6, 6.07) is 6.66. The summed E-state index contributed by atoms with van der Waals surface area (Å²) in [6.07, 6.45) is 5.53. The lowest BCUT2D eigenvalue weighted by Crippen LogP contribution is -2.37. The zero-order valence-electron chi connectivity index (χ0n) is 17.7. The normalized spacial score (nSPS) is 14.3. The van der Waals surface area contributed by atoms with Gasteiger partial charge in [0.05, 0.1) is 0 Å². The van der Waals surface area contributed by atoms with Gasteiger partial charge in [0.15, 0.2) is 6.61 Å². The second-order valence-corrected chi connectivity index (χ2v) is 7.50. The van der Waals surface area contributed by atoms with Crippen LogP contribution in [0.25, 0.3) is 0 Å². The Kier molecular flexibility index (Phi) is 9.31. The zero-order chi connectivity index (χ0) is 21.9. The zero-order valence-corrected chi connectivity index (χ0v) is 17.7. The Labute approximate surface area is 177 Å². The number of hydrogen-bond acceptors (Lipinski definition) is 5. The molecule has 1 aromatic carbocycles. The van der Waals surface area contributed by atoms with Gasteiger partial charge >= 0.3 is 5.97 Å². The molecule has 1 aliphatic heterocycles. The molecule has 2 rings (SSSR count). The summed E-state index contributed by atoms with van der Waals surface area (Å²) >= 11 is 0. The Morgan fingerprint density at radius 2 is 1.90 bits per heavy atom. The van der Waals surface area contributed by atoms with Gasteiger partial charge in [-0.1, -0.05) is 26.2 Å². The molecule has 1 aromatic rings. The standard InChI is InChI=1S/C22H31N3O5/c1-3-4-5-7-16(2)24-19(26)15-30-21(28)14-23-22(29)17-9-11-18(12-10-17)25-13-6-8-20(25)27/h9-12,16H,3-8,13-15H2,1-2H3,(H,23,29)(H,24,26)/t16-/m1/s1. The summed E-state index contributed by atoms with van der Waals surface area (Å²) in [4.78, 5) is 49.2. The number of unbranched alkanes of at least 4 members (excludes halogenated alkanes) is 2. The highest BCUT2D eigenvalue weighted by Gasteiger charge is 2.21. The maximum atomic E-state index is 12.2. The van der Waals surface area contributed by atoms with Gasteiger partial charge in [0.25, 0.3) is 11.8 Å². The third kappa shape index (κ3) is 7.50. The average Bonchev–Trinajstić information content (AvgIpc) is 3.16. The van der Waals surface area contributed by atoms with Crippen molar-refractivity contribution in [2.45, 2.75) is 58.4 Å². The van der Waals surface area contributed by atoms with Crippen molar-refractivity contribution in [3.05, 3.63) is 29.8 Å². The molecule has 3 amide bonds. The molecule has 1 atom stereocenters. The van der Waals surface area contributed by atoms with E-state index < -0.39 is 11.9 Å². The minimum absolute atomic E-state index is 0.0290. The topological polar surface area (TPSA) is 105 Å². The number of nitrogens with one attached hydrogen (secondary N) is 2. The molecule has 1 fully saturated rings. The molecule has 1 heterocycles. The number of carbonyl (C=O) groups is 4. The first-order valence-electron chi connectivity index (χ1n) is 10.5. The van der Waals surface area contributed by atoms with Gasteiger partial charge in [-0.15, -0.1) is 0 Å². The summed E-state index contributed by atoms with van der Waals surface area (Å²) in [5, 5.41) is 5.25. The predicted molar refractivity (Wildman–Crippen MR) is 113 cm³/mol. The van der Waals surface area contributed by atoms with Crippen molar-refractivity contribution >= 4 is 29.4 Å². The lowest BCUT2D eigenvalue weighted by Gasteiger charge is -2.15. The van der Waals surface area contributed by atoms with Crippen molar-refractivity contribution < 1.29 is 23.9 Å². The minimum atomic E-state index is -0.684. The number of nitrogens with zero attached hydrogens (tertiary/aromatic N) is 1. The van der Waals surface area contributed by atoms with Crippen LogP contribution in [0.5, 0.6) is 0 Å². The SMILES string of the molecule is CCCCC[C@@H](C)NC(=O)COC(=O)CNC(=O)c1ccc(N2CCCC2=O)cc1. The molecule has 1 saturated heterocycles. The minimum Gasteiger partial charge on any atom is -0.454 e.